The normalized spacial score (nSPS) is 12.1. The molecule has 1 rings (SSSR count). The fourth-order valence-corrected chi connectivity index (χ4v) is 3.86. The van der Waals surface area contributed by atoms with Gasteiger partial charge in [-0.25, -0.2) is 0 Å². The monoisotopic (exact) mass is 441 g/mol. The molecule has 0 saturated heterocycles. The van der Waals surface area contributed by atoms with Crippen LogP contribution in [0.3, 0.4) is 0 Å². The van der Waals surface area contributed by atoms with Gasteiger partial charge in [0.2, 0.25) is 0 Å². The van der Waals surface area contributed by atoms with E-state index in [0.717, 1.165) is 17.4 Å². The molecule has 0 bridgehead atoms. The van der Waals surface area contributed by atoms with Crippen molar-refractivity contribution >= 4 is 47.8 Å². The van der Waals surface area contributed by atoms with Gasteiger partial charge in [0.15, 0.2) is 0 Å². The third-order valence-electron chi connectivity index (χ3n) is 2.78. The van der Waals surface area contributed by atoms with Gasteiger partial charge in [-0.2, -0.15) is 12.7 Å². The average molecular weight is 443 g/mol. The first kappa shape index (κ1) is 18.9. The van der Waals surface area contributed by atoms with Crippen LogP contribution in [0.5, 0.6) is 0 Å². The highest BCUT2D eigenvalue weighted by Crippen LogP contribution is 2.27. The Kier molecular flexibility index (Phi) is 7.63. The Morgan fingerprint density at radius 2 is 1.95 bits per heavy atom. The zero-order chi connectivity index (χ0) is 16.0. The second-order valence-corrected chi connectivity index (χ2v) is 8.56. The van der Waals surface area contributed by atoms with Gasteiger partial charge in [0, 0.05) is 28.6 Å². The Morgan fingerprint density at radius 3 is 2.52 bits per heavy atom. The lowest BCUT2D eigenvalue weighted by molar-refractivity contribution is 0.451. The zero-order valence-corrected chi connectivity index (χ0v) is 16.3. The minimum Gasteiger partial charge on any atom is -0.314 e. The molecule has 2 N–H and O–H groups in total. The molecular formula is C13H21Br2N3O2S. The number of nitrogens with zero attached hydrogens (tertiary/aromatic N) is 1. The van der Waals surface area contributed by atoms with Gasteiger partial charge in [0.1, 0.15) is 0 Å². The molecule has 5 nitrogen and oxygen atoms in total. The molecule has 0 aliphatic carbocycles. The molecule has 0 fully saturated rings. The van der Waals surface area contributed by atoms with Crippen LogP contribution in [0.2, 0.25) is 0 Å². The third kappa shape index (κ3) is 6.65. The van der Waals surface area contributed by atoms with Crippen LogP contribution in [-0.4, -0.2) is 38.9 Å². The van der Waals surface area contributed by atoms with Crippen LogP contribution < -0.4 is 10.0 Å². The van der Waals surface area contributed by atoms with Gasteiger partial charge in [-0.15, -0.1) is 0 Å². The summed E-state index contributed by atoms with van der Waals surface area (Å²) in [7, 11) is -1.97. The lowest BCUT2D eigenvalue weighted by Gasteiger charge is -2.19. The quantitative estimate of drug-likeness (QED) is 0.607. The van der Waals surface area contributed by atoms with E-state index in [1.165, 1.54) is 4.31 Å². The van der Waals surface area contributed by atoms with Crippen molar-refractivity contribution in [2.75, 3.05) is 24.9 Å². The highest BCUT2D eigenvalue weighted by atomic mass is 79.9. The van der Waals surface area contributed by atoms with Crippen molar-refractivity contribution in [3.8, 4) is 0 Å². The molecule has 1 aromatic rings. The van der Waals surface area contributed by atoms with E-state index in [4.69, 9.17) is 0 Å². The number of nitrogens with one attached hydrogen (secondary N) is 2. The van der Waals surface area contributed by atoms with E-state index >= 15 is 0 Å². The maximum Gasteiger partial charge on any atom is 0.301 e. The van der Waals surface area contributed by atoms with Crippen molar-refractivity contribution in [1.82, 2.24) is 9.62 Å². The standard InChI is InChI=1S/C13H21Br2N3O2S/c1-10(2)16-7-4-8-18(3)21(19,20)17-13-6-5-11(14)9-12(13)15/h5-6,9-10,16-17H,4,7-8H2,1-3H3. The summed E-state index contributed by atoms with van der Waals surface area (Å²) in [6.07, 6.45) is 0.761. The maximum atomic E-state index is 12.2. The van der Waals surface area contributed by atoms with E-state index in [-0.39, 0.29) is 0 Å². The van der Waals surface area contributed by atoms with Crippen LogP contribution in [0, 0.1) is 0 Å². The van der Waals surface area contributed by atoms with Gasteiger partial charge in [-0.1, -0.05) is 29.8 Å². The molecule has 0 spiro atoms. The summed E-state index contributed by atoms with van der Waals surface area (Å²) in [5.41, 5.74) is 0.519. The molecule has 0 heterocycles. The first-order valence-electron chi connectivity index (χ1n) is 6.65. The smallest absolute Gasteiger partial charge is 0.301 e. The summed E-state index contributed by atoms with van der Waals surface area (Å²) in [6, 6.07) is 5.70. The number of halogens is 2. The first-order chi connectivity index (χ1) is 9.72. The van der Waals surface area contributed by atoms with Gasteiger partial charge in [-0.05, 0) is 47.1 Å². The number of benzene rings is 1. The topological polar surface area (TPSA) is 61.4 Å². The Balaban J connectivity index is 2.59. The predicted molar refractivity (Wildman–Crippen MR) is 94.8 cm³/mol. The second kappa shape index (κ2) is 8.47. The summed E-state index contributed by atoms with van der Waals surface area (Å²) in [6.45, 7) is 5.38. The summed E-state index contributed by atoms with van der Waals surface area (Å²) in [5.74, 6) is 0. The molecule has 120 valence electrons. The van der Waals surface area contributed by atoms with Gasteiger partial charge in [0.25, 0.3) is 0 Å². The van der Waals surface area contributed by atoms with Gasteiger partial charge in [0.05, 0.1) is 5.69 Å². The van der Waals surface area contributed by atoms with E-state index < -0.39 is 10.2 Å². The first-order valence-corrected chi connectivity index (χ1v) is 9.67. The molecule has 0 aromatic heterocycles. The third-order valence-corrected chi connectivity index (χ3v) is 5.41. The average Bonchev–Trinajstić information content (AvgIpc) is 2.37. The van der Waals surface area contributed by atoms with Crippen LogP contribution in [0.25, 0.3) is 0 Å². The molecular weight excluding hydrogens is 422 g/mol. The lowest BCUT2D eigenvalue weighted by atomic mass is 10.3. The molecule has 0 aliphatic heterocycles. The molecule has 1 aromatic carbocycles. The molecule has 21 heavy (non-hydrogen) atoms. The van der Waals surface area contributed by atoms with Crippen molar-refractivity contribution in [1.29, 1.82) is 0 Å². The number of hydrogen-bond donors (Lipinski definition) is 2. The lowest BCUT2D eigenvalue weighted by Crippen LogP contribution is -2.35. The maximum absolute atomic E-state index is 12.2. The predicted octanol–water partition coefficient (Wildman–Crippen LogP) is 3.19. The van der Waals surface area contributed by atoms with Gasteiger partial charge >= 0.3 is 10.2 Å². The molecule has 0 radical (unpaired) electrons. The molecule has 0 atom stereocenters. The van der Waals surface area contributed by atoms with Gasteiger partial charge in [-0.3, -0.25) is 4.72 Å². The highest BCUT2D eigenvalue weighted by molar-refractivity contribution is 9.11. The Labute approximate surface area is 143 Å². The van der Waals surface area contributed by atoms with Crippen molar-refractivity contribution in [2.24, 2.45) is 0 Å². The molecule has 0 unspecified atom stereocenters. The van der Waals surface area contributed by atoms with Crippen LogP contribution in [0.1, 0.15) is 20.3 Å². The fraction of sp³-hybridized carbons (Fsp3) is 0.538. The van der Waals surface area contributed by atoms with E-state index in [9.17, 15) is 8.42 Å². The Bertz CT molecular complexity index is 565. The van der Waals surface area contributed by atoms with Crippen LogP contribution in [0.4, 0.5) is 5.69 Å². The van der Waals surface area contributed by atoms with Crippen molar-refractivity contribution < 1.29 is 8.42 Å². The van der Waals surface area contributed by atoms with E-state index in [0.29, 0.717) is 22.7 Å². The summed E-state index contributed by atoms with van der Waals surface area (Å²) < 4.78 is 29.9. The highest BCUT2D eigenvalue weighted by Gasteiger charge is 2.18. The van der Waals surface area contributed by atoms with Crippen LogP contribution >= 0.6 is 31.9 Å². The van der Waals surface area contributed by atoms with Crippen LogP contribution in [-0.2, 0) is 10.2 Å². The molecule has 0 amide bonds. The van der Waals surface area contributed by atoms with Crippen molar-refractivity contribution in [3.05, 3.63) is 27.1 Å². The van der Waals surface area contributed by atoms with Gasteiger partial charge < -0.3 is 5.32 Å². The fourth-order valence-electron chi connectivity index (χ4n) is 1.60. The summed E-state index contributed by atoms with van der Waals surface area (Å²) >= 11 is 6.68. The molecule has 8 heteroatoms. The zero-order valence-electron chi connectivity index (χ0n) is 12.4. The molecule has 0 aliphatic rings. The number of anilines is 1. The van der Waals surface area contributed by atoms with E-state index in [1.807, 2.05) is 0 Å². The Morgan fingerprint density at radius 1 is 1.29 bits per heavy atom. The van der Waals surface area contributed by atoms with Crippen molar-refractivity contribution in [2.45, 2.75) is 26.3 Å². The summed E-state index contributed by atoms with van der Waals surface area (Å²) in [4.78, 5) is 0. The molecule has 0 saturated carbocycles. The minimum atomic E-state index is -3.54. The SMILES string of the molecule is CC(C)NCCCN(C)S(=O)(=O)Nc1ccc(Br)cc1Br. The summed E-state index contributed by atoms with van der Waals surface area (Å²) in [5, 5.41) is 3.26. The number of hydrogen-bond acceptors (Lipinski definition) is 3. The van der Waals surface area contributed by atoms with Crippen LogP contribution in [0.15, 0.2) is 27.1 Å². The van der Waals surface area contributed by atoms with Crippen molar-refractivity contribution in [3.63, 3.8) is 0 Å². The largest absolute Gasteiger partial charge is 0.314 e. The van der Waals surface area contributed by atoms with E-state index in [1.54, 1.807) is 25.2 Å². The van der Waals surface area contributed by atoms with E-state index in [2.05, 4.69) is 55.7 Å². The number of rotatable bonds is 8. The minimum absolute atomic E-state index is 0.406. The second-order valence-electron chi connectivity index (χ2n) is 5.02. The Hall–Kier alpha value is -0.150.